The van der Waals surface area contributed by atoms with Crippen molar-refractivity contribution in [1.82, 2.24) is 5.32 Å². The second-order valence-corrected chi connectivity index (χ2v) is 5.55. The van der Waals surface area contributed by atoms with Crippen molar-refractivity contribution in [3.63, 3.8) is 0 Å². The summed E-state index contributed by atoms with van der Waals surface area (Å²) < 4.78 is 5.59. The number of aliphatic hydroxyl groups is 1. The number of Topliss-reactive ketones (excluding diaryl/α,β-unsaturated/α-hetero) is 1. The molecule has 0 saturated heterocycles. The maximum absolute atomic E-state index is 12.2. The zero-order valence-electron chi connectivity index (χ0n) is 12.2. The van der Waals surface area contributed by atoms with Crippen LogP contribution in [-0.2, 0) is 6.42 Å². The molecule has 2 unspecified atom stereocenters. The summed E-state index contributed by atoms with van der Waals surface area (Å²) in [6, 6.07) is -0.162. The number of rotatable bonds is 4. The maximum Gasteiger partial charge on any atom is 0.287 e. The number of aryl methyl sites for hydroxylation is 1. The minimum absolute atomic E-state index is 0.00751. The Balaban J connectivity index is 2.21. The molecule has 0 spiro atoms. The third-order valence-electron chi connectivity index (χ3n) is 4.01. The molecule has 1 aromatic heterocycles. The Bertz CT molecular complexity index is 532. The highest BCUT2D eigenvalue weighted by atomic mass is 16.4. The molecule has 0 bridgehead atoms. The van der Waals surface area contributed by atoms with Crippen molar-refractivity contribution in [2.75, 3.05) is 6.61 Å². The number of hydrogen-bond acceptors (Lipinski definition) is 4. The lowest BCUT2D eigenvalue weighted by Crippen LogP contribution is -2.38. The first-order valence-electron chi connectivity index (χ1n) is 7.02. The molecule has 2 atom stereocenters. The van der Waals surface area contributed by atoms with Crippen LogP contribution in [0.1, 0.15) is 58.9 Å². The normalized spacial score (nSPS) is 17.5. The van der Waals surface area contributed by atoms with Gasteiger partial charge in [-0.1, -0.05) is 6.92 Å². The predicted octanol–water partition coefficient (Wildman–Crippen LogP) is 1.85. The van der Waals surface area contributed by atoms with Gasteiger partial charge in [0.15, 0.2) is 11.5 Å². The van der Waals surface area contributed by atoms with E-state index in [0.717, 1.165) is 6.42 Å². The summed E-state index contributed by atoms with van der Waals surface area (Å²) in [5.74, 6) is 0.556. The van der Waals surface area contributed by atoms with Crippen LogP contribution in [0.25, 0.3) is 0 Å². The first-order valence-corrected chi connectivity index (χ1v) is 7.02. The van der Waals surface area contributed by atoms with E-state index in [4.69, 9.17) is 9.52 Å². The van der Waals surface area contributed by atoms with Crippen LogP contribution in [0.4, 0.5) is 0 Å². The molecule has 1 amide bonds. The molecule has 1 aliphatic rings. The summed E-state index contributed by atoms with van der Waals surface area (Å²) >= 11 is 0. The topological polar surface area (TPSA) is 79.5 Å². The van der Waals surface area contributed by atoms with Crippen LogP contribution >= 0.6 is 0 Å². The number of aliphatic hydroxyl groups excluding tert-OH is 1. The van der Waals surface area contributed by atoms with Gasteiger partial charge in [0.05, 0.1) is 5.56 Å². The van der Waals surface area contributed by atoms with Crippen LogP contribution in [0.2, 0.25) is 0 Å². The van der Waals surface area contributed by atoms with E-state index in [-0.39, 0.29) is 36.0 Å². The molecule has 5 heteroatoms. The molecule has 0 radical (unpaired) electrons. The number of carbonyl (C=O) groups is 2. The largest absolute Gasteiger partial charge is 0.455 e. The number of amides is 1. The van der Waals surface area contributed by atoms with Crippen LogP contribution in [0.5, 0.6) is 0 Å². The highest BCUT2D eigenvalue weighted by Crippen LogP contribution is 2.29. The molecule has 20 heavy (non-hydrogen) atoms. The summed E-state index contributed by atoms with van der Waals surface area (Å²) in [4.78, 5) is 24.1. The summed E-state index contributed by atoms with van der Waals surface area (Å²) in [7, 11) is 0. The maximum atomic E-state index is 12.2. The number of fused-ring (bicyclic) bond motifs is 1. The van der Waals surface area contributed by atoms with E-state index in [1.807, 2.05) is 13.8 Å². The van der Waals surface area contributed by atoms with Crippen molar-refractivity contribution in [2.45, 2.75) is 46.1 Å². The van der Waals surface area contributed by atoms with Crippen LogP contribution in [0.3, 0.4) is 0 Å². The van der Waals surface area contributed by atoms with Gasteiger partial charge in [0.25, 0.3) is 5.91 Å². The molecule has 0 fully saturated rings. The Morgan fingerprint density at radius 1 is 1.40 bits per heavy atom. The lowest BCUT2D eigenvalue weighted by atomic mass is 9.94. The number of ketones is 1. The second-order valence-electron chi connectivity index (χ2n) is 5.55. The van der Waals surface area contributed by atoms with E-state index in [1.165, 1.54) is 0 Å². The third-order valence-corrected chi connectivity index (χ3v) is 4.01. The van der Waals surface area contributed by atoms with E-state index in [9.17, 15) is 9.59 Å². The molecule has 0 aliphatic heterocycles. The van der Waals surface area contributed by atoms with Crippen molar-refractivity contribution in [3.05, 3.63) is 22.6 Å². The van der Waals surface area contributed by atoms with E-state index in [0.29, 0.717) is 29.7 Å². The van der Waals surface area contributed by atoms with Crippen LogP contribution in [0.15, 0.2) is 4.42 Å². The lowest BCUT2D eigenvalue weighted by molar-refractivity contribution is 0.0883. The van der Waals surface area contributed by atoms with E-state index in [2.05, 4.69) is 5.32 Å². The monoisotopic (exact) mass is 279 g/mol. The quantitative estimate of drug-likeness (QED) is 0.881. The molecular weight excluding hydrogens is 258 g/mol. The number of hydrogen-bond donors (Lipinski definition) is 2. The van der Waals surface area contributed by atoms with Crippen LogP contribution < -0.4 is 5.32 Å². The molecule has 1 heterocycles. The molecule has 2 N–H and O–H groups in total. The zero-order chi connectivity index (χ0) is 14.9. The fraction of sp³-hybridized carbons (Fsp3) is 0.600. The summed E-state index contributed by atoms with van der Waals surface area (Å²) in [5, 5.41) is 11.9. The molecule has 0 saturated carbocycles. The Kier molecular flexibility index (Phi) is 4.28. The first kappa shape index (κ1) is 14.8. The zero-order valence-corrected chi connectivity index (χ0v) is 12.2. The Labute approximate surface area is 118 Å². The highest BCUT2D eigenvalue weighted by Gasteiger charge is 2.29. The first-order chi connectivity index (χ1) is 9.45. The van der Waals surface area contributed by atoms with Crippen molar-refractivity contribution in [2.24, 2.45) is 5.92 Å². The van der Waals surface area contributed by atoms with Gasteiger partial charge in [-0.3, -0.25) is 9.59 Å². The third kappa shape index (κ3) is 2.63. The van der Waals surface area contributed by atoms with Gasteiger partial charge in [0.2, 0.25) is 0 Å². The predicted molar refractivity (Wildman–Crippen MR) is 73.9 cm³/mol. The van der Waals surface area contributed by atoms with E-state index >= 15 is 0 Å². The Morgan fingerprint density at radius 3 is 2.70 bits per heavy atom. The van der Waals surface area contributed by atoms with Gasteiger partial charge < -0.3 is 14.8 Å². The lowest BCUT2D eigenvalue weighted by Gasteiger charge is -2.18. The van der Waals surface area contributed by atoms with Crippen molar-refractivity contribution >= 4 is 11.7 Å². The van der Waals surface area contributed by atoms with Gasteiger partial charge in [0, 0.05) is 31.1 Å². The summed E-state index contributed by atoms with van der Waals surface area (Å²) in [6.45, 7) is 5.45. The van der Waals surface area contributed by atoms with Gasteiger partial charge in [-0.05, 0) is 26.2 Å². The Morgan fingerprint density at radius 2 is 2.10 bits per heavy atom. The molecule has 2 rings (SSSR count). The fourth-order valence-corrected chi connectivity index (χ4v) is 2.44. The van der Waals surface area contributed by atoms with E-state index in [1.54, 1.807) is 6.92 Å². The fourth-order valence-electron chi connectivity index (χ4n) is 2.44. The smallest absolute Gasteiger partial charge is 0.287 e. The number of carbonyl (C=O) groups excluding carboxylic acids is 2. The molecule has 1 aliphatic carbocycles. The van der Waals surface area contributed by atoms with E-state index < -0.39 is 0 Å². The van der Waals surface area contributed by atoms with Gasteiger partial charge in [-0.15, -0.1) is 0 Å². The van der Waals surface area contributed by atoms with Crippen molar-refractivity contribution < 1.29 is 19.1 Å². The average molecular weight is 279 g/mol. The standard InChI is InChI=1S/C15H21NO4/c1-8(7-17)10(3)16-15(19)14-9(2)13-11(18)5-4-6-12(13)20-14/h8,10,17H,4-7H2,1-3H3,(H,16,19). The second kappa shape index (κ2) is 5.79. The minimum Gasteiger partial charge on any atom is -0.455 e. The minimum atomic E-state index is -0.322. The van der Waals surface area contributed by atoms with Crippen LogP contribution in [0, 0.1) is 12.8 Å². The molecule has 0 aromatic carbocycles. The molecule has 110 valence electrons. The number of nitrogens with one attached hydrogen (secondary N) is 1. The van der Waals surface area contributed by atoms with Gasteiger partial charge in [-0.2, -0.15) is 0 Å². The molecule has 5 nitrogen and oxygen atoms in total. The van der Waals surface area contributed by atoms with Gasteiger partial charge >= 0.3 is 0 Å². The van der Waals surface area contributed by atoms with Crippen LogP contribution in [-0.4, -0.2) is 29.4 Å². The summed E-state index contributed by atoms with van der Waals surface area (Å²) in [6.07, 6.45) is 2.00. The van der Waals surface area contributed by atoms with Crippen molar-refractivity contribution in [3.8, 4) is 0 Å². The SMILES string of the molecule is Cc1c(C(=O)NC(C)C(C)CO)oc2c1C(=O)CCC2. The average Bonchev–Trinajstić information content (AvgIpc) is 2.76. The summed E-state index contributed by atoms with van der Waals surface area (Å²) in [5.41, 5.74) is 1.22. The number of furan rings is 1. The van der Waals surface area contributed by atoms with Gasteiger partial charge in [-0.25, -0.2) is 0 Å². The molecule has 1 aromatic rings. The van der Waals surface area contributed by atoms with Gasteiger partial charge in [0.1, 0.15) is 5.76 Å². The van der Waals surface area contributed by atoms with Crippen molar-refractivity contribution in [1.29, 1.82) is 0 Å². The molecular formula is C15H21NO4. The highest BCUT2D eigenvalue weighted by molar-refractivity contribution is 6.03. The Hall–Kier alpha value is -1.62.